The Balaban J connectivity index is 1.64. The average molecular weight is 367 g/mol. The second kappa shape index (κ2) is 9.52. The summed E-state index contributed by atoms with van der Waals surface area (Å²) in [4.78, 5) is 4.29. The summed E-state index contributed by atoms with van der Waals surface area (Å²) >= 11 is 0. The molecule has 1 aliphatic rings. The molecule has 0 aromatic heterocycles. The van der Waals surface area contributed by atoms with Crippen LogP contribution in [0.4, 0.5) is 5.69 Å². The fourth-order valence-corrected chi connectivity index (χ4v) is 2.68. The Morgan fingerprint density at radius 1 is 1.19 bits per heavy atom. The number of aliphatic imine (C=N–C) groups is 1. The van der Waals surface area contributed by atoms with Crippen molar-refractivity contribution in [3.63, 3.8) is 0 Å². The molecule has 0 saturated carbocycles. The van der Waals surface area contributed by atoms with Crippen molar-refractivity contribution >= 4 is 11.6 Å². The second-order valence-corrected chi connectivity index (χ2v) is 5.97. The minimum absolute atomic E-state index is 0.473. The molecule has 1 heterocycles. The maximum absolute atomic E-state index is 5.74. The van der Waals surface area contributed by atoms with Crippen molar-refractivity contribution in [2.24, 2.45) is 4.99 Å². The summed E-state index contributed by atoms with van der Waals surface area (Å²) < 4.78 is 17.1. The van der Waals surface area contributed by atoms with Gasteiger partial charge < -0.3 is 24.8 Å². The molecule has 0 unspecified atom stereocenters. The van der Waals surface area contributed by atoms with Crippen molar-refractivity contribution in [3.8, 4) is 17.2 Å². The normalized spacial score (nSPS) is 13.4. The van der Waals surface area contributed by atoms with Crippen LogP contribution in [0.2, 0.25) is 0 Å². The minimum atomic E-state index is 0.473. The van der Waals surface area contributed by atoms with Gasteiger partial charge in [-0.05, 0) is 18.2 Å². The molecule has 0 amide bonds. The van der Waals surface area contributed by atoms with Gasteiger partial charge in [-0.15, -0.1) is 0 Å². The zero-order valence-electron chi connectivity index (χ0n) is 15.5. The van der Waals surface area contributed by atoms with E-state index in [4.69, 9.17) is 14.2 Å². The van der Waals surface area contributed by atoms with E-state index in [2.05, 4.69) is 22.2 Å². The standard InChI is InChI=1S/C21H25N3O3/c1-3-11-25-18-8-5-4-7-16(18)15-23-21(22-2)24-17-9-10-19-20(14-17)27-13-6-12-26-19/h3-5,7-10,14H,1,6,11-13,15H2,2H3,(H2,22,23,24). The first-order chi connectivity index (χ1) is 13.3. The molecule has 0 spiro atoms. The highest BCUT2D eigenvalue weighted by Crippen LogP contribution is 2.32. The fraction of sp³-hybridized carbons (Fsp3) is 0.286. The summed E-state index contributed by atoms with van der Waals surface area (Å²) in [6.07, 6.45) is 2.61. The first-order valence-corrected chi connectivity index (χ1v) is 8.99. The molecule has 1 aliphatic heterocycles. The van der Waals surface area contributed by atoms with Crippen LogP contribution in [0.1, 0.15) is 12.0 Å². The molecule has 3 rings (SSSR count). The number of anilines is 1. The number of rotatable bonds is 6. The van der Waals surface area contributed by atoms with Crippen molar-refractivity contribution < 1.29 is 14.2 Å². The molecule has 2 N–H and O–H groups in total. The lowest BCUT2D eigenvalue weighted by molar-refractivity contribution is 0.297. The van der Waals surface area contributed by atoms with Crippen LogP contribution in [0, 0.1) is 0 Å². The highest BCUT2D eigenvalue weighted by Gasteiger charge is 2.11. The summed E-state index contributed by atoms with van der Waals surface area (Å²) in [6, 6.07) is 13.7. The van der Waals surface area contributed by atoms with Crippen LogP contribution in [-0.4, -0.2) is 32.8 Å². The first-order valence-electron chi connectivity index (χ1n) is 8.99. The molecule has 6 nitrogen and oxygen atoms in total. The largest absolute Gasteiger partial charge is 0.490 e. The molecule has 6 heteroatoms. The number of benzene rings is 2. The molecule has 27 heavy (non-hydrogen) atoms. The molecule has 0 bridgehead atoms. The van der Waals surface area contributed by atoms with E-state index >= 15 is 0 Å². The average Bonchev–Trinajstić information content (AvgIpc) is 2.95. The number of nitrogens with zero attached hydrogens (tertiary/aromatic N) is 1. The Hall–Kier alpha value is -3.15. The Kier molecular flexibility index (Phi) is 6.57. The van der Waals surface area contributed by atoms with Gasteiger partial charge in [-0.3, -0.25) is 4.99 Å². The molecule has 0 fully saturated rings. The third-order valence-corrected chi connectivity index (χ3v) is 4.01. The summed E-state index contributed by atoms with van der Waals surface area (Å²) in [5.74, 6) is 3.00. The zero-order valence-corrected chi connectivity index (χ0v) is 15.5. The van der Waals surface area contributed by atoms with E-state index in [1.54, 1.807) is 13.1 Å². The molecular weight excluding hydrogens is 342 g/mol. The molecule has 0 saturated heterocycles. The van der Waals surface area contributed by atoms with Crippen molar-refractivity contribution in [2.45, 2.75) is 13.0 Å². The molecule has 0 aliphatic carbocycles. The van der Waals surface area contributed by atoms with Crippen LogP contribution in [0.15, 0.2) is 60.1 Å². The van der Waals surface area contributed by atoms with E-state index in [-0.39, 0.29) is 0 Å². The number of hydrogen-bond donors (Lipinski definition) is 2. The highest BCUT2D eigenvalue weighted by molar-refractivity contribution is 5.93. The second-order valence-electron chi connectivity index (χ2n) is 5.97. The van der Waals surface area contributed by atoms with Crippen molar-refractivity contribution in [2.75, 3.05) is 32.2 Å². The molecule has 0 atom stereocenters. The van der Waals surface area contributed by atoms with Gasteiger partial charge in [0.1, 0.15) is 12.4 Å². The number of nitrogens with one attached hydrogen (secondary N) is 2. The predicted octanol–water partition coefficient (Wildman–Crippen LogP) is 3.60. The third-order valence-electron chi connectivity index (χ3n) is 4.01. The van der Waals surface area contributed by atoms with Crippen LogP contribution in [0.3, 0.4) is 0 Å². The Labute approximate surface area is 159 Å². The Bertz CT molecular complexity index is 805. The number of fused-ring (bicyclic) bond motifs is 1. The van der Waals surface area contributed by atoms with Gasteiger partial charge in [0.25, 0.3) is 0 Å². The predicted molar refractivity (Wildman–Crippen MR) is 108 cm³/mol. The van der Waals surface area contributed by atoms with E-state index in [9.17, 15) is 0 Å². The van der Waals surface area contributed by atoms with E-state index in [1.165, 1.54) is 0 Å². The quantitative estimate of drug-likeness (QED) is 0.464. The SMILES string of the molecule is C=CCOc1ccccc1CNC(=NC)Nc1ccc2c(c1)OCCCO2. The summed E-state index contributed by atoms with van der Waals surface area (Å²) in [5, 5.41) is 6.58. The molecule has 2 aromatic rings. The Morgan fingerprint density at radius 2 is 2.00 bits per heavy atom. The lowest BCUT2D eigenvalue weighted by atomic mass is 10.2. The minimum Gasteiger partial charge on any atom is -0.490 e. The van der Waals surface area contributed by atoms with Crippen LogP contribution in [0.25, 0.3) is 0 Å². The zero-order chi connectivity index (χ0) is 18.9. The lowest BCUT2D eigenvalue weighted by Gasteiger charge is -2.15. The Morgan fingerprint density at radius 3 is 2.81 bits per heavy atom. The third kappa shape index (κ3) is 5.17. The van der Waals surface area contributed by atoms with Crippen molar-refractivity contribution in [3.05, 3.63) is 60.7 Å². The van der Waals surface area contributed by atoms with E-state index in [0.717, 1.165) is 34.9 Å². The van der Waals surface area contributed by atoms with Gasteiger partial charge in [-0.2, -0.15) is 0 Å². The molecule has 2 aromatic carbocycles. The smallest absolute Gasteiger partial charge is 0.195 e. The van der Waals surface area contributed by atoms with Gasteiger partial charge in [0.05, 0.1) is 13.2 Å². The fourth-order valence-electron chi connectivity index (χ4n) is 2.68. The maximum atomic E-state index is 5.74. The van der Waals surface area contributed by atoms with Gasteiger partial charge in [-0.25, -0.2) is 0 Å². The van der Waals surface area contributed by atoms with Crippen LogP contribution >= 0.6 is 0 Å². The van der Waals surface area contributed by atoms with Gasteiger partial charge in [0, 0.05) is 37.3 Å². The number of hydrogen-bond acceptors (Lipinski definition) is 4. The van der Waals surface area contributed by atoms with Crippen molar-refractivity contribution in [1.82, 2.24) is 5.32 Å². The number of para-hydroxylation sites is 1. The summed E-state index contributed by atoms with van der Waals surface area (Å²) in [6.45, 7) is 6.08. The number of ether oxygens (including phenoxy) is 3. The molecule has 142 valence electrons. The molecule has 0 radical (unpaired) electrons. The number of guanidine groups is 1. The van der Waals surface area contributed by atoms with Crippen LogP contribution < -0.4 is 24.8 Å². The van der Waals surface area contributed by atoms with Crippen molar-refractivity contribution in [1.29, 1.82) is 0 Å². The van der Waals surface area contributed by atoms with Gasteiger partial charge in [0.15, 0.2) is 17.5 Å². The van der Waals surface area contributed by atoms with Crippen LogP contribution in [-0.2, 0) is 6.54 Å². The maximum Gasteiger partial charge on any atom is 0.195 e. The first kappa shape index (κ1) is 18.6. The van der Waals surface area contributed by atoms with Crippen LogP contribution in [0.5, 0.6) is 17.2 Å². The summed E-state index contributed by atoms with van der Waals surface area (Å²) in [7, 11) is 1.73. The van der Waals surface area contributed by atoms with Gasteiger partial charge in [0.2, 0.25) is 0 Å². The summed E-state index contributed by atoms with van der Waals surface area (Å²) in [5.41, 5.74) is 1.92. The monoisotopic (exact) mass is 367 g/mol. The van der Waals surface area contributed by atoms with Gasteiger partial charge >= 0.3 is 0 Å². The van der Waals surface area contributed by atoms with Gasteiger partial charge in [-0.1, -0.05) is 30.9 Å². The lowest BCUT2D eigenvalue weighted by Crippen LogP contribution is -2.30. The topological polar surface area (TPSA) is 64.1 Å². The van der Waals surface area contributed by atoms with E-state index in [0.29, 0.717) is 32.3 Å². The van der Waals surface area contributed by atoms with E-state index in [1.807, 2.05) is 42.5 Å². The molecular formula is C21H25N3O3. The van der Waals surface area contributed by atoms with E-state index < -0.39 is 0 Å². The highest BCUT2D eigenvalue weighted by atomic mass is 16.5.